The fourth-order valence-electron chi connectivity index (χ4n) is 2.94. The number of amides is 2. The first-order valence-electron chi connectivity index (χ1n) is 9.95. The number of aromatic nitrogens is 1. The zero-order chi connectivity index (χ0) is 22.6. The van der Waals surface area contributed by atoms with Crippen molar-refractivity contribution in [1.29, 1.82) is 0 Å². The van der Waals surface area contributed by atoms with Crippen molar-refractivity contribution in [2.75, 3.05) is 17.3 Å². The fraction of sp³-hybridized carbons (Fsp3) is 0.348. The van der Waals surface area contributed by atoms with Crippen LogP contribution in [0.4, 0.5) is 5.69 Å². The maximum Gasteiger partial charge on any atom is 0.253 e. The second kappa shape index (κ2) is 9.75. The number of hydrogen-bond donors (Lipinski definition) is 2. The molecule has 0 aliphatic rings. The minimum atomic E-state index is -0.700. The van der Waals surface area contributed by atoms with E-state index < -0.39 is 6.04 Å². The Balaban J connectivity index is 1.77. The summed E-state index contributed by atoms with van der Waals surface area (Å²) >= 11 is 7.73. The molecule has 1 heterocycles. The summed E-state index contributed by atoms with van der Waals surface area (Å²) in [6, 6.07) is 11.4. The topological polar surface area (TPSA) is 84.2 Å². The van der Waals surface area contributed by atoms with Crippen molar-refractivity contribution in [1.82, 2.24) is 10.3 Å². The highest BCUT2D eigenvalue weighted by atomic mass is 35.5. The van der Waals surface area contributed by atoms with Crippen LogP contribution in [-0.2, 0) is 10.2 Å². The van der Waals surface area contributed by atoms with Crippen molar-refractivity contribution in [3.05, 3.63) is 58.9 Å². The van der Waals surface area contributed by atoms with Gasteiger partial charge in [-0.15, -0.1) is 0 Å². The third-order valence-electron chi connectivity index (χ3n) is 4.65. The van der Waals surface area contributed by atoms with Gasteiger partial charge in [-0.3, -0.25) is 9.59 Å². The molecule has 1 unspecified atom stereocenters. The molecule has 0 saturated heterocycles. The molecule has 164 valence electrons. The smallest absolute Gasteiger partial charge is 0.253 e. The molecular weight excluding hydrogens is 434 g/mol. The minimum absolute atomic E-state index is 0.214. The highest BCUT2D eigenvalue weighted by Crippen LogP contribution is 2.27. The van der Waals surface area contributed by atoms with E-state index in [2.05, 4.69) is 15.6 Å². The molecule has 2 N–H and O–H groups in total. The van der Waals surface area contributed by atoms with Crippen molar-refractivity contribution in [2.45, 2.75) is 38.6 Å². The molecule has 3 rings (SSSR count). The van der Waals surface area contributed by atoms with Crippen LogP contribution in [-0.4, -0.2) is 34.8 Å². The van der Waals surface area contributed by atoms with E-state index in [1.807, 2.05) is 27.0 Å². The number of rotatable bonds is 7. The second-order valence-electron chi connectivity index (χ2n) is 8.23. The van der Waals surface area contributed by atoms with E-state index in [0.29, 0.717) is 39.7 Å². The lowest BCUT2D eigenvalue weighted by atomic mass is 9.97. The summed E-state index contributed by atoms with van der Waals surface area (Å²) in [7, 11) is 0. The Morgan fingerprint density at radius 3 is 2.61 bits per heavy atom. The van der Waals surface area contributed by atoms with Crippen molar-refractivity contribution < 1.29 is 14.0 Å². The zero-order valence-electron chi connectivity index (χ0n) is 18.0. The third kappa shape index (κ3) is 5.80. The van der Waals surface area contributed by atoms with Gasteiger partial charge in [0.15, 0.2) is 5.58 Å². The number of benzene rings is 2. The van der Waals surface area contributed by atoms with Crippen LogP contribution < -0.4 is 10.6 Å². The molecule has 0 aliphatic heterocycles. The predicted octanol–water partition coefficient (Wildman–Crippen LogP) is 5.27. The summed E-state index contributed by atoms with van der Waals surface area (Å²) in [5, 5.41) is 6.03. The average molecular weight is 460 g/mol. The molecule has 0 bridgehead atoms. The maximum absolute atomic E-state index is 13.0. The van der Waals surface area contributed by atoms with Gasteiger partial charge >= 0.3 is 0 Å². The number of nitrogens with zero attached hydrogens (tertiary/aromatic N) is 1. The minimum Gasteiger partial charge on any atom is -0.440 e. The molecule has 1 aromatic heterocycles. The van der Waals surface area contributed by atoms with Crippen molar-refractivity contribution in [3.8, 4) is 0 Å². The lowest BCUT2D eigenvalue weighted by Crippen LogP contribution is -2.44. The average Bonchev–Trinajstić information content (AvgIpc) is 3.15. The van der Waals surface area contributed by atoms with E-state index in [4.69, 9.17) is 16.0 Å². The van der Waals surface area contributed by atoms with E-state index in [-0.39, 0.29) is 17.2 Å². The van der Waals surface area contributed by atoms with E-state index in [9.17, 15) is 9.59 Å². The molecule has 0 fully saturated rings. The number of carbonyl (C=O) groups excluding carboxylic acids is 2. The van der Waals surface area contributed by atoms with Crippen LogP contribution in [0.25, 0.3) is 11.1 Å². The van der Waals surface area contributed by atoms with Gasteiger partial charge in [0.25, 0.3) is 5.91 Å². The number of anilines is 1. The Bertz CT molecular complexity index is 1090. The largest absolute Gasteiger partial charge is 0.440 e. The molecule has 0 saturated carbocycles. The van der Waals surface area contributed by atoms with Gasteiger partial charge in [0.1, 0.15) is 11.6 Å². The van der Waals surface area contributed by atoms with Gasteiger partial charge in [-0.05, 0) is 48.8 Å². The normalized spacial score (nSPS) is 12.5. The highest BCUT2D eigenvalue weighted by molar-refractivity contribution is 7.98. The predicted molar refractivity (Wildman–Crippen MR) is 127 cm³/mol. The number of carbonyl (C=O) groups is 2. The van der Waals surface area contributed by atoms with Gasteiger partial charge in [-0.2, -0.15) is 11.8 Å². The van der Waals surface area contributed by atoms with Crippen LogP contribution in [0.3, 0.4) is 0 Å². The lowest BCUT2D eigenvalue weighted by Gasteiger charge is -2.18. The van der Waals surface area contributed by atoms with Crippen LogP contribution in [0.5, 0.6) is 0 Å². The number of thioether (sulfide) groups is 1. The van der Waals surface area contributed by atoms with Gasteiger partial charge in [-0.25, -0.2) is 4.98 Å². The van der Waals surface area contributed by atoms with Crippen molar-refractivity contribution in [3.63, 3.8) is 0 Å². The number of hydrogen-bond acceptors (Lipinski definition) is 5. The molecular formula is C23H26ClN3O3S. The Kier molecular flexibility index (Phi) is 7.28. The number of halogens is 1. The molecule has 0 radical (unpaired) electrons. The molecule has 2 aromatic carbocycles. The maximum atomic E-state index is 13.0. The van der Waals surface area contributed by atoms with Crippen LogP contribution in [0.1, 0.15) is 43.4 Å². The molecule has 2 amide bonds. The van der Waals surface area contributed by atoms with Gasteiger partial charge in [0, 0.05) is 11.1 Å². The monoisotopic (exact) mass is 459 g/mol. The Morgan fingerprint density at radius 2 is 1.94 bits per heavy atom. The SMILES string of the molecule is CSCCC(NC(=O)c1ccccc1Cl)C(=O)Nc1ccc2oc(C(C)(C)C)nc2c1. The van der Waals surface area contributed by atoms with Crippen LogP contribution in [0, 0.1) is 0 Å². The number of fused-ring (bicyclic) bond motifs is 1. The first kappa shape index (κ1) is 23.2. The summed E-state index contributed by atoms with van der Waals surface area (Å²) < 4.78 is 5.81. The summed E-state index contributed by atoms with van der Waals surface area (Å²) in [5.74, 6) is 0.677. The Morgan fingerprint density at radius 1 is 1.19 bits per heavy atom. The van der Waals surface area contributed by atoms with E-state index >= 15 is 0 Å². The van der Waals surface area contributed by atoms with E-state index in [1.165, 1.54) is 0 Å². The van der Waals surface area contributed by atoms with Gasteiger partial charge in [-0.1, -0.05) is 44.5 Å². The fourth-order valence-corrected chi connectivity index (χ4v) is 3.63. The molecule has 0 aliphatic carbocycles. The van der Waals surface area contributed by atoms with Gasteiger partial charge in [0.05, 0.1) is 10.6 Å². The van der Waals surface area contributed by atoms with Gasteiger partial charge in [0.2, 0.25) is 11.8 Å². The first-order valence-corrected chi connectivity index (χ1v) is 11.7. The molecule has 8 heteroatoms. The zero-order valence-corrected chi connectivity index (χ0v) is 19.6. The Hall–Kier alpha value is -2.51. The highest BCUT2D eigenvalue weighted by Gasteiger charge is 2.24. The van der Waals surface area contributed by atoms with E-state index in [0.717, 1.165) is 5.75 Å². The third-order valence-corrected chi connectivity index (χ3v) is 5.62. The van der Waals surface area contributed by atoms with Crippen molar-refractivity contribution >= 4 is 52.0 Å². The van der Waals surface area contributed by atoms with Crippen LogP contribution in [0.15, 0.2) is 46.9 Å². The van der Waals surface area contributed by atoms with Crippen LogP contribution in [0.2, 0.25) is 5.02 Å². The number of oxazole rings is 1. The summed E-state index contributed by atoms with van der Waals surface area (Å²) in [4.78, 5) is 30.2. The molecule has 31 heavy (non-hydrogen) atoms. The van der Waals surface area contributed by atoms with E-state index in [1.54, 1.807) is 54.2 Å². The standard InChI is InChI=1S/C23H26ClN3O3S/c1-23(2,3)22-27-18-13-14(9-10-19(18)30-22)25-21(29)17(11-12-31-4)26-20(28)15-7-5-6-8-16(15)24/h5-10,13,17H,11-12H2,1-4H3,(H,25,29)(H,26,28). The molecule has 1 atom stereocenters. The lowest BCUT2D eigenvalue weighted by molar-refractivity contribution is -0.118. The second-order valence-corrected chi connectivity index (χ2v) is 9.62. The molecule has 3 aromatic rings. The van der Waals surface area contributed by atoms with Crippen LogP contribution >= 0.6 is 23.4 Å². The molecule has 6 nitrogen and oxygen atoms in total. The summed E-state index contributed by atoms with van der Waals surface area (Å²) in [6.45, 7) is 6.08. The Labute approximate surface area is 191 Å². The first-order chi connectivity index (χ1) is 14.7. The summed E-state index contributed by atoms with van der Waals surface area (Å²) in [6.07, 6.45) is 2.44. The molecule has 0 spiro atoms. The summed E-state index contributed by atoms with van der Waals surface area (Å²) in [5.41, 5.74) is 2.04. The quantitative estimate of drug-likeness (QED) is 0.502. The number of nitrogens with one attached hydrogen (secondary N) is 2. The van der Waals surface area contributed by atoms with Crippen molar-refractivity contribution in [2.24, 2.45) is 0 Å². The van der Waals surface area contributed by atoms with Gasteiger partial charge < -0.3 is 15.1 Å².